The molecule has 1 heterocycles. The molecule has 7 nitrogen and oxygen atoms in total. The summed E-state index contributed by atoms with van der Waals surface area (Å²) in [5.41, 5.74) is -0.453. The van der Waals surface area contributed by atoms with E-state index in [1.807, 2.05) is 6.92 Å². The fourth-order valence-corrected chi connectivity index (χ4v) is 1.95. The molecule has 7 heteroatoms. The van der Waals surface area contributed by atoms with E-state index in [0.717, 1.165) is 4.90 Å². The lowest BCUT2D eigenvalue weighted by atomic mass is 9.99. The third-order valence-corrected chi connectivity index (χ3v) is 2.75. The van der Waals surface area contributed by atoms with Gasteiger partial charge in [0.25, 0.3) is 0 Å². The van der Waals surface area contributed by atoms with Crippen molar-refractivity contribution in [1.29, 1.82) is 0 Å². The first-order chi connectivity index (χ1) is 9.15. The van der Waals surface area contributed by atoms with Gasteiger partial charge in [0.15, 0.2) is 0 Å². The van der Waals surface area contributed by atoms with Gasteiger partial charge in [0.1, 0.15) is 12.5 Å². The van der Waals surface area contributed by atoms with Crippen LogP contribution in [0.5, 0.6) is 0 Å². The molecule has 1 fully saturated rings. The number of nitrogens with one attached hydrogen (secondary N) is 2. The first-order valence-electron chi connectivity index (χ1n) is 6.63. The molecule has 1 saturated heterocycles. The van der Waals surface area contributed by atoms with Gasteiger partial charge in [0.2, 0.25) is 17.7 Å². The van der Waals surface area contributed by atoms with E-state index in [0.29, 0.717) is 12.8 Å². The van der Waals surface area contributed by atoms with Crippen LogP contribution in [0.15, 0.2) is 0 Å². The van der Waals surface area contributed by atoms with Crippen LogP contribution in [0.4, 0.5) is 4.79 Å². The zero-order valence-electron chi connectivity index (χ0n) is 12.3. The summed E-state index contributed by atoms with van der Waals surface area (Å²) in [5, 5.41) is 4.78. The maximum absolute atomic E-state index is 12.1. The number of carbonyl (C=O) groups is 4. The summed E-state index contributed by atoms with van der Waals surface area (Å²) in [7, 11) is 0. The SMILES string of the molecule is CCCC1C(=O)NC(=O)N(CC(=O)NC(C)(C)C)C1=O. The number of amides is 5. The Kier molecular flexibility index (Phi) is 4.86. The summed E-state index contributed by atoms with van der Waals surface area (Å²) in [5.74, 6) is -2.52. The Morgan fingerprint density at radius 2 is 1.90 bits per heavy atom. The fraction of sp³-hybridized carbons (Fsp3) is 0.692. The Labute approximate surface area is 118 Å². The molecule has 1 unspecified atom stereocenters. The molecule has 0 aliphatic carbocycles. The summed E-state index contributed by atoms with van der Waals surface area (Å²) >= 11 is 0. The molecule has 0 aromatic carbocycles. The van der Waals surface area contributed by atoms with Gasteiger partial charge in [-0.2, -0.15) is 0 Å². The number of hydrogen-bond acceptors (Lipinski definition) is 4. The van der Waals surface area contributed by atoms with Crippen LogP contribution in [0.1, 0.15) is 40.5 Å². The first-order valence-corrected chi connectivity index (χ1v) is 6.63. The molecule has 1 aliphatic rings. The molecular formula is C13H21N3O4. The smallest absolute Gasteiger partial charge is 0.331 e. The van der Waals surface area contributed by atoms with Gasteiger partial charge in [-0.15, -0.1) is 0 Å². The van der Waals surface area contributed by atoms with Gasteiger partial charge < -0.3 is 5.32 Å². The van der Waals surface area contributed by atoms with Crippen molar-refractivity contribution in [2.45, 2.75) is 46.1 Å². The number of carbonyl (C=O) groups excluding carboxylic acids is 4. The van der Waals surface area contributed by atoms with E-state index < -0.39 is 35.2 Å². The zero-order valence-corrected chi connectivity index (χ0v) is 12.3. The normalized spacial score (nSPS) is 19.9. The molecule has 5 amide bonds. The molecule has 0 aromatic rings. The van der Waals surface area contributed by atoms with Crippen molar-refractivity contribution in [3.63, 3.8) is 0 Å². The highest BCUT2D eigenvalue weighted by Gasteiger charge is 2.40. The van der Waals surface area contributed by atoms with E-state index in [2.05, 4.69) is 10.6 Å². The largest absolute Gasteiger partial charge is 0.350 e. The standard InChI is InChI=1S/C13H21N3O4/c1-5-6-8-10(18)14-12(20)16(11(8)19)7-9(17)15-13(2,3)4/h8H,5-7H2,1-4H3,(H,15,17)(H,14,18,20). The molecule has 1 rings (SSSR count). The van der Waals surface area contributed by atoms with Crippen molar-refractivity contribution in [2.75, 3.05) is 6.54 Å². The lowest BCUT2D eigenvalue weighted by molar-refractivity contribution is -0.145. The summed E-state index contributed by atoms with van der Waals surface area (Å²) in [6, 6.07) is -0.837. The quantitative estimate of drug-likeness (QED) is 0.730. The predicted molar refractivity (Wildman–Crippen MR) is 71.5 cm³/mol. The molecule has 20 heavy (non-hydrogen) atoms. The lowest BCUT2D eigenvalue weighted by Crippen LogP contribution is -2.60. The van der Waals surface area contributed by atoms with Crippen molar-refractivity contribution >= 4 is 23.8 Å². The minimum absolute atomic E-state index is 0.356. The summed E-state index contributed by atoms with van der Waals surface area (Å²) in [6.07, 6.45) is 0.995. The first kappa shape index (κ1) is 16.1. The second-order valence-electron chi connectivity index (χ2n) is 5.86. The predicted octanol–water partition coefficient (Wildman–Crippen LogP) is 0.396. The molecular weight excluding hydrogens is 262 g/mol. The average Bonchev–Trinajstić information content (AvgIpc) is 2.27. The van der Waals surface area contributed by atoms with Crippen LogP contribution in [-0.4, -0.2) is 40.7 Å². The van der Waals surface area contributed by atoms with Gasteiger partial charge in [-0.1, -0.05) is 13.3 Å². The monoisotopic (exact) mass is 283 g/mol. The van der Waals surface area contributed by atoms with Crippen LogP contribution in [0, 0.1) is 5.92 Å². The molecule has 1 atom stereocenters. The third kappa shape index (κ3) is 4.04. The molecule has 0 bridgehead atoms. The number of imide groups is 2. The van der Waals surface area contributed by atoms with Gasteiger partial charge in [-0.05, 0) is 27.2 Å². The van der Waals surface area contributed by atoms with Crippen molar-refractivity contribution in [2.24, 2.45) is 5.92 Å². The topological polar surface area (TPSA) is 95.6 Å². The van der Waals surface area contributed by atoms with Gasteiger partial charge in [0.05, 0.1) is 0 Å². The maximum atomic E-state index is 12.1. The third-order valence-electron chi connectivity index (χ3n) is 2.75. The fourth-order valence-electron chi connectivity index (χ4n) is 1.95. The summed E-state index contributed by atoms with van der Waals surface area (Å²) < 4.78 is 0. The van der Waals surface area contributed by atoms with Crippen molar-refractivity contribution in [3.8, 4) is 0 Å². The van der Waals surface area contributed by atoms with Crippen LogP contribution < -0.4 is 10.6 Å². The number of urea groups is 1. The van der Waals surface area contributed by atoms with Crippen molar-refractivity contribution in [3.05, 3.63) is 0 Å². The van der Waals surface area contributed by atoms with E-state index in [1.54, 1.807) is 20.8 Å². The Balaban J connectivity index is 2.77. The average molecular weight is 283 g/mol. The number of rotatable bonds is 4. The van der Waals surface area contributed by atoms with E-state index in [1.165, 1.54) is 0 Å². The Morgan fingerprint density at radius 3 is 2.40 bits per heavy atom. The van der Waals surface area contributed by atoms with E-state index in [-0.39, 0.29) is 6.54 Å². The Hall–Kier alpha value is -1.92. The highest BCUT2D eigenvalue weighted by atomic mass is 16.2. The molecule has 2 N–H and O–H groups in total. The molecule has 1 aliphatic heterocycles. The highest BCUT2D eigenvalue weighted by molar-refractivity contribution is 6.17. The van der Waals surface area contributed by atoms with Crippen LogP contribution in [0.3, 0.4) is 0 Å². The van der Waals surface area contributed by atoms with Crippen LogP contribution in [-0.2, 0) is 14.4 Å². The zero-order chi connectivity index (χ0) is 15.5. The minimum atomic E-state index is -0.889. The Morgan fingerprint density at radius 1 is 1.30 bits per heavy atom. The maximum Gasteiger partial charge on any atom is 0.331 e. The molecule has 0 spiro atoms. The van der Waals surface area contributed by atoms with E-state index in [9.17, 15) is 19.2 Å². The molecule has 0 aromatic heterocycles. The van der Waals surface area contributed by atoms with Crippen LogP contribution in [0.25, 0.3) is 0 Å². The second-order valence-corrected chi connectivity index (χ2v) is 5.86. The number of hydrogen-bond donors (Lipinski definition) is 2. The van der Waals surface area contributed by atoms with Gasteiger partial charge in [0, 0.05) is 5.54 Å². The van der Waals surface area contributed by atoms with Gasteiger partial charge in [-0.3, -0.25) is 24.6 Å². The molecule has 0 radical (unpaired) electrons. The molecule has 112 valence electrons. The number of barbiturate groups is 1. The van der Waals surface area contributed by atoms with E-state index >= 15 is 0 Å². The Bertz CT molecular complexity index is 439. The van der Waals surface area contributed by atoms with Gasteiger partial charge in [-0.25, -0.2) is 4.79 Å². The number of nitrogens with zero attached hydrogens (tertiary/aromatic N) is 1. The van der Waals surface area contributed by atoms with Crippen LogP contribution >= 0.6 is 0 Å². The second kappa shape index (κ2) is 6.02. The van der Waals surface area contributed by atoms with Crippen molar-refractivity contribution < 1.29 is 19.2 Å². The van der Waals surface area contributed by atoms with Crippen LogP contribution in [0.2, 0.25) is 0 Å². The highest BCUT2D eigenvalue weighted by Crippen LogP contribution is 2.15. The van der Waals surface area contributed by atoms with Crippen molar-refractivity contribution in [1.82, 2.24) is 15.5 Å². The summed E-state index contributed by atoms with van der Waals surface area (Å²) in [4.78, 5) is 47.9. The summed E-state index contributed by atoms with van der Waals surface area (Å²) in [6.45, 7) is 6.86. The lowest BCUT2D eigenvalue weighted by Gasteiger charge is -2.30. The molecule has 0 saturated carbocycles. The van der Waals surface area contributed by atoms with E-state index in [4.69, 9.17) is 0 Å². The van der Waals surface area contributed by atoms with Gasteiger partial charge >= 0.3 is 6.03 Å². The minimum Gasteiger partial charge on any atom is -0.350 e.